The van der Waals surface area contributed by atoms with E-state index in [4.69, 9.17) is 0 Å². The van der Waals surface area contributed by atoms with E-state index in [9.17, 15) is 9.59 Å². The molecule has 5 rings (SSSR count). The van der Waals surface area contributed by atoms with Gasteiger partial charge in [-0.15, -0.1) is 0 Å². The molecule has 28 heavy (non-hydrogen) atoms. The van der Waals surface area contributed by atoms with Crippen molar-refractivity contribution < 1.29 is 4.79 Å². The summed E-state index contributed by atoms with van der Waals surface area (Å²) < 4.78 is 1.87. The molecule has 0 radical (unpaired) electrons. The van der Waals surface area contributed by atoms with Crippen molar-refractivity contribution in [2.45, 2.75) is 25.8 Å². The second kappa shape index (κ2) is 6.40. The van der Waals surface area contributed by atoms with Gasteiger partial charge in [-0.3, -0.25) is 14.6 Å². The molecule has 0 unspecified atom stereocenters. The molecule has 2 aliphatic heterocycles. The number of aromatic amines is 1. The van der Waals surface area contributed by atoms with Crippen molar-refractivity contribution in [3.8, 4) is 11.3 Å². The molecule has 5 heterocycles. The summed E-state index contributed by atoms with van der Waals surface area (Å²) in [5.41, 5.74) is 3.58. The highest BCUT2D eigenvalue weighted by Gasteiger charge is 2.37. The van der Waals surface area contributed by atoms with E-state index < -0.39 is 0 Å². The lowest BCUT2D eigenvalue weighted by molar-refractivity contribution is 0.0588. The molecule has 2 atom stereocenters. The van der Waals surface area contributed by atoms with Crippen LogP contribution in [0.2, 0.25) is 0 Å². The van der Waals surface area contributed by atoms with Gasteiger partial charge in [-0.25, -0.2) is 0 Å². The van der Waals surface area contributed by atoms with Gasteiger partial charge in [0, 0.05) is 49.1 Å². The van der Waals surface area contributed by atoms with Gasteiger partial charge < -0.3 is 9.47 Å². The van der Waals surface area contributed by atoms with Crippen LogP contribution in [0.5, 0.6) is 0 Å². The maximum absolute atomic E-state index is 12.9. The zero-order chi connectivity index (χ0) is 19.3. The van der Waals surface area contributed by atoms with Crippen LogP contribution >= 0.6 is 0 Å². The van der Waals surface area contributed by atoms with Crippen LogP contribution in [0.25, 0.3) is 11.3 Å². The third kappa shape index (κ3) is 2.72. The van der Waals surface area contributed by atoms with Crippen LogP contribution in [-0.2, 0) is 6.54 Å². The summed E-state index contributed by atoms with van der Waals surface area (Å²) >= 11 is 0. The second-order valence-corrected chi connectivity index (χ2v) is 7.60. The van der Waals surface area contributed by atoms with Crippen molar-refractivity contribution in [2.24, 2.45) is 5.92 Å². The fourth-order valence-electron chi connectivity index (χ4n) is 4.44. The van der Waals surface area contributed by atoms with Crippen molar-refractivity contribution >= 4 is 5.91 Å². The lowest BCUT2D eigenvalue weighted by Crippen LogP contribution is -2.49. The van der Waals surface area contributed by atoms with Gasteiger partial charge >= 0.3 is 0 Å². The summed E-state index contributed by atoms with van der Waals surface area (Å²) in [4.78, 5) is 31.9. The monoisotopic (exact) mass is 376 g/mol. The van der Waals surface area contributed by atoms with Gasteiger partial charge in [0.2, 0.25) is 0 Å². The molecule has 1 fully saturated rings. The fourth-order valence-corrected chi connectivity index (χ4v) is 4.44. The molecule has 1 amide bonds. The first kappa shape index (κ1) is 16.9. The Morgan fingerprint density at radius 2 is 2.07 bits per heavy atom. The number of carbonyl (C=O) groups is 1. The smallest absolute Gasteiger partial charge is 0.276 e. The number of hydrogen-bond donors (Lipinski definition) is 1. The molecule has 8 heteroatoms. The molecule has 2 bridgehead atoms. The van der Waals surface area contributed by atoms with Crippen molar-refractivity contribution in [1.29, 1.82) is 0 Å². The normalized spacial score (nSPS) is 20.7. The minimum absolute atomic E-state index is 0.0000229. The van der Waals surface area contributed by atoms with Crippen LogP contribution in [0.3, 0.4) is 0 Å². The van der Waals surface area contributed by atoms with Gasteiger partial charge in [-0.05, 0) is 37.5 Å². The van der Waals surface area contributed by atoms with E-state index in [1.54, 1.807) is 19.2 Å². The summed E-state index contributed by atoms with van der Waals surface area (Å²) in [6.07, 6.45) is 2.70. The van der Waals surface area contributed by atoms with E-state index in [1.807, 2.05) is 27.7 Å². The molecule has 0 aromatic carbocycles. The van der Waals surface area contributed by atoms with Crippen molar-refractivity contribution in [3.05, 3.63) is 64.0 Å². The first-order valence-corrected chi connectivity index (χ1v) is 9.43. The summed E-state index contributed by atoms with van der Waals surface area (Å²) in [6.45, 7) is 3.62. The van der Waals surface area contributed by atoms with E-state index in [2.05, 4.69) is 26.5 Å². The molecule has 1 N–H and O–H groups in total. The first-order valence-electron chi connectivity index (χ1n) is 9.43. The molecule has 3 aromatic rings. The van der Waals surface area contributed by atoms with Gasteiger partial charge in [0.15, 0.2) is 5.69 Å². The summed E-state index contributed by atoms with van der Waals surface area (Å²) in [5, 5.41) is 10.5. The van der Waals surface area contributed by atoms with Crippen molar-refractivity contribution in [1.82, 2.24) is 29.9 Å². The predicted octanol–water partition coefficient (Wildman–Crippen LogP) is 1.60. The standard InChI is InChI=1S/C20H20N6O2/c1-12-19(23-24-22-12)20(28)25-9-13-6-15(11-25)17-7-14(8-18(27)26(17)10-13)16-4-2-3-5-21-16/h2-5,7-8,13,15H,6,9-11H2,1H3,(H,22,23,24)/t13-,15+/m0/s1. The topological polar surface area (TPSA) is 96.8 Å². The van der Waals surface area contributed by atoms with Crippen molar-refractivity contribution in [2.75, 3.05) is 13.1 Å². The number of pyridine rings is 2. The average molecular weight is 376 g/mol. The zero-order valence-corrected chi connectivity index (χ0v) is 15.5. The summed E-state index contributed by atoms with van der Waals surface area (Å²) in [5.74, 6) is 0.290. The van der Waals surface area contributed by atoms with Crippen LogP contribution in [0.1, 0.15) is 34.2 Å². The van der Waals surface area contributed by atoms with Gasteiger partial charge in [-0.2, -0.15) is 15.4 Å². The SMILES string of the molecule is Cc1n[nH]nc1C(=O)N1C[C@@H]2C[C@H](C1)c1cc(-c3ccccn3)cc(=O)n1C2. The third-order valence-electron chi connectivity index (χ3n) is 5.73. The Morgan fingerprint density at radius 3 is 2.82 bits per heavy atom. The molecule has 0 aliphatic carbocycles. The molecule has 1 saturated heterocycles. The minimum Gasteiger partial charge on any atom is -0.336 e. The molecule has 2 aliphatic rings. The van der Waals surface area contributed by atoms with E-state index in [1.165, 1.54) is 0 Å². The third-order valence-corrected chi connectivity index (χ3v) is 5.73. The van der Waals surface area contributed by atoms with E-state index >= 15 is 0 Å². The molecule has 0 saturated carbocycles. The van der Waals surface area contributed by atoms with Gasteiger partial charge in [0.1, 0.15) is 0 Å². The Morgan fingerprint density at radius 1 is 1.18 bits per heavy atom. The number of carbonyl (C=O) groups excluding carboxylic acids is 1. The minimum atomic E-state index is -0.0994. The highest BCUT2D eigenvalue weighted by atomic mass is 16.2. The molecular formula is C20H20N6O2. The number of nitrogens with zero attached hydrogens (tertiary/aromatic N) is 5. The van der Waals surface area contributed by atoms with Crippen LogP contribution < -0.4 is 5.56 Å². The van der Waals surface area contributed by atoms with E-state index in [-0.39, 0.29) is 23.3 Å². The molecule has 8 nitrogen and oxygen atoms in total. The summed E-state index contributed by atoms with van der Waals surface area (Å²) in [6, 6.07) is 9.39. The number of fused-ring (bicyclic) bond motifs is 4. The van der Waals surface area contributed by atoms with Gasteiger partial charge in [0.05, 0.1) is 11.4 Å². The Hall–Kier alpha value is -3.29. The first-order chi connectivity index (χ1) is 13.6. The number of amides is 1. The maximum Gasteiger partial charge on any atom is 0.276 e. The Labute approximate surface area is 161 Å². The van der Waals surface area contributed by atoms with Crippen LogP contribution in [-0.4, -0.2) is 48.9 Å². The van der Waals surface area contributed by atoms with E-state index in [0.29, 0.717) is 31.0 Å². The molecule has 142 valence electrons. The number of aromatic nitrogens is 5. The van der Waals surface area contributed by atoms with Crippen molar-refractivity contribution in [3.63, 3.8) is 0 Å². The highest BCUT2D eigenvalue weighted by Crippen LogP contribution is 2.36. The van der Waals surface area contributed by atoms with Crippen LogP contribution in [0, 0.1) is 12.8 Å². The number of likely N-dealkylation sites (tertiary alicyclic amines) is 1. The molecule has 3 aromatic heterocycles. The number of hydrogen-bond acceptors (Lipinski definition) is 5. The van der Waals surface area contributed by atoms with Crippen LogP contribution in [0.4, 0.5) is 0 Å². The van der Waals surface area contributed by atoms with Gasteiger partial charge in [-0.1, -0.05) is 6.07 Å². The quantitative estimate of drug-likeness (QED) is 0.733. The predicted molar refractivity (Wildman–Crippen MR) is 102 cm³/mol. The van der Waals surface area contributed by atoms with E-state index in [0.717, 1.165) is 23.4 Å². The largest absolute Gasteiger partial charge is 0.336 e. The van der Waals surface area contributed by atoms with Crippen LogP contribution in [0.15, 0.2) is 41.3 Å². The number of H-pyrrole nitrogens is 1. The summed E-state index contributed by atoms with van der Waals surface area (Å²) in [7, 11) is 0. The fraction of sp³-hybridized carbons (Fsp3) is 0.350. The maximum atomic E-state index is 12.9. The average Bonchev–Trinajstić information content (AvgIpc) is 3.14. The van der Waals surface area contributed by atoms with Gasteiger partial charge in [0.25, 0.3) is 11.5 Å². The lowest BCUT2D eigenvalue weighted by Gasteiger charge is -2.42. The Kier molecular flexibility index (Phi) is 3.85. The highest BCUT2D eigenvalue weighted by molar-refractivity contribution is 5.93. The molecule has 0 spiro atoms. The number of nitrogens with one attached hydrogen (secondary N) is 1. The number of piperidine rings is 1. The number of rotatable bonds is 2. The molecular weight excluding hydrogens is 356 g/mol. The second-order valence-electron chi connectivity index (χ2n) is 7.60. The Balaban J connectivity index is 1.50. The lowest BCUT2D eigenvalue weighted by atomic mass is 9.82. The zero-order valence-electron chi connectivity index (χ0n) is 15.5. The number of aryl methyl sites for hydroxylation is 1. The Bertz CT molecular complexity index is 1100.